The van der Waals surface area contributed by atoms with Crippen molar-refractivity contribution in [1.29, 1.82) is 0 Å². The molecule has 0 spiro atoms. The van der Waals surface area contributed by atoms with Crippen LogP contribution in [-0.2, 0) is 0 Å². The standard InChI is InChI=1S/C40H81/c1-5-8-11-14-17-19-21-22-23-24-25-26-28-30-33-36-39-40(4,37-34-31-16-13-10-7-3)38-35-32-29-27-20-18-15-12-9-6-2/h36H,5-35,37-39H2,1-4H3. The normalized spacial score (nSPS) is 13.2. The first-order chi connectivity index (χ1) is 19.7. The Kier molecular flexibility index (Phi) is 33.5. The van der Waals surface area contributed by atoms with Crippen LogP contribution < -0.4 is 0 Å². The molecule has 0 aliphatic carbocycles. The Balaban J connectivity index is 3.88. The Hall–Kier alpha value is 0. The lowest BCUT2D eigenvalue weighted by Crippen LogP contribution is -2.17. The second-order valence-corrected chi connectivity index (χ2v) is 14.1. The van der Waals surface area contributed by atoms with E-state index in [0.29, 0.717) is 5.41 Å². The van der Waals surface area contributed by atoms with Gasteiger partial charge in [0.2, 0.25) is 0 Å². The van der Waals surface area contributed by atoms with Crippen LogP contribution >= 0.6 is 0 Å². The predicted octanol–water partition coefficient (Wildman–Crippen LogP) is 15.5. The van der Waals surface area contributed by atoms with Gasteiger partial charge in [-0.15, -0.1) is 0 Å². The summed E-state index contributed by atoms with van der Waals surface area (Å²) in [5, 5.41) is 0. The van der Waals surface area contributed by atoms with Crippen LogP contribution in [0.5, 0.6) is 0 Å². The lowest BCUT2D eigenvalue weighted by molar-refractivity contribution is 0.243. The summed E-state index contributed by atoms with van der Waals surface area (Å²) in [4.78, 5) is 0. The third kappa shape index (κ3) is 30.9. The summed E-state index contributed by atoms with van der Waals surface area (Å²) in [5.41, 5.74) is 0.570. The van der Waals surface area contributed by atoms with Gasteiger partial charge in [-0.2, -0.15) is 0 Å². The predicted molar refractivity (Wildman–Crippen MR) is 186 cm³/mol. The molecule has 1 unspecified atom stereocenters. The molecule has 0 aromatic carbocycles. The van der Waals surface area contributed by atoms with Crippen molar-refractivity contribution < 1.29 is 0 Å². The molecule has 241 valence electrons. The van der Waals surface area contributed by atoms with Gasteiger partial charge in [-0.05, 0) is 31.1 Å². The average molecular weight is 562 g/mol. The monoisotopic (exact) mass is 562 g/mol. The molecule has 1 radical (unpaired) electrons. The summed E-state index contributed by atoms with van der Waals surface area (Å²) in [7, 11) is 0. The molecule has 0 bridgehead atoms. The van der Waals surface area contributed by atoms with Crippen LogP contribution in [0.3, 0.4) is 0 Å². The van der Waals surface area contributed by atoms with Crippen LogP contribution in [0, 0.1) is 11.8 Å². The highest BCUT2D eigenvalue weighted by molar-refractivity contribution is 4.82. The molecule has 0 nitrogen and oxygen atoms in total. The Morgan fingerprint density at radius 3 is 0.875 bits per heavy atom. The van der Waals surface area contributed by atoms with E-state index in [0.717, 1.165) is 0 Å². The zero-order chi connectivity index (χ0) is 29.2. The Morgan fingerprint density at radius 1 is 0.325 bits per heavy atom. The first-order valence-corrected chi connectivity index (χ1v) is 19.5. The molecule has 0 saturated carbocycles. The zero-order valence-electron chi connectivity index (χ0n) is 29.1. The molecule has 0 aromatic rings. The first kappa shape index (κ1) is 40.0. The summed E-state index contributed by atoms with van der Waals surface area (Å²) in [6.07, 6.45) is 52.1. The van der Waals surface area contributed by atoms with E-state index >= 15 is 0 Å². The quantitative estimate of drug-likeness (QED) is 0.0675. The minimum atomic E-state index is 0.570. The maximum atomic E-state index is 2.70. The molecule has 0 aromatic heterocycles. The molecule has 1 atom stereocenters. The third-order valence-electron chi connectivity index (χ3n) is 9.67. The van der Waals surface area contributed by atoms with Crippen molar-refractivity contribution in [3.63, 3.8) is 0 Å². The van der Waals surface area contributed by atoms with E-state index in [1.165, 1.54) is 218 Å². The molecule has 0 amide bonds. The van der Waals surface area contributed by atoms with Crippen LogP contribution in [0.1, 0.15) is 246 Å². The molecule has 0 rings (SSSR count). The highest BCUT2D eigenvalue weighted by Crippen LogP contribution is 2.36. The maximum absolute atomic E-state index is 2.70. The lowest BCUT2D eigenvalue weighted by Gasteiger charge is -2.30. The van der Waals surface area contributed by atoms with Crippen molar-refractivity contribution in [1.82, 2.24) is 0 Å². The van der Waals surface area contributed by atoms with E-state index in [2.05, 4.69) is 34.1 Å². The molecular weight excluding hydrogens is 480 g/mol. The second kappa shape index (κ2) is 33.5. The minimum absolute atomic E-state index is 0.570. The second-order valence-electron chi connectivity index (χ2n) is 14.1. The van der Waals surface area contributed by atoms with Crippen LogP contribution in [0.15, 0.2) is 0 Å². The number of unbranched alkanes of at least 4 members (excludes halogenated alkanes) is 29. The van der Waals surface area contributed by atoms with Gasteiger partial charge >= 0.3 is 0 Å². The van der Waals surface area contributed by atoms with E-state index in [1.54, 1.807) is 0 Å². The van der Waals surface area contributed by atoms with E-state index in [-0.39, 0.29) is 0 Å². The fourth-order valence-electron chi connectivity index (χ4n) is 6.63. The molecule has 0 saturated heterocycles. The molecule has 0 N–H and O–H groups in total. The summed E-state index contributed by atoms with van der Waals surface area (Å²) < 4.78 is 0. The lowest BCUT2D eigenvalue weighted by atomic mass is 9.75. The molecule has 40 heavy (non-hydrogen) atoms. The fraction of sp³-hybridized carbons (Fsp3) is 0.975. The highest BCUT2D eigenvalue weighted by Gasteiger charge is 2.22. The SMILES string of the molecule is CCCCCCCCCCCCCCCC[CH]CC(C)(CCCCCCCC)CCCCCCCCCCCC. The molecule has 0 heterocycles. The van der Waals surface area contributed by atoms with Crippen molar-refractivity contribution in [3.05, 3.63) is 6.42 Å². The summed E-state index contributed by atoms with van der Waals surface area (Å²) in [6, 6.07) is 0. The van der Waals surface area contributed by atoms with Gasteiger partial charge in [0.25, 0.3) is 0 Å². The molecule has 0 heteroatoms. The van der Waals surface area contributed by atoms with Crippen LogP contribution in [0.25, 0.3) is 0 Å². The van der Waals surface area contributed by atoms with E-state index in [9.17, 15) is 0 Å². The largest absolute Gasteiger partial charge is 0.0654 e. The van der Waals surface area contributed by atoms with Gasteiger partial charge in [0, 0.05) is 0 Å². The van der Waals surface area contributed by atoms with Gasteiger partial charge < -0.3 is 0 Å². The summed E-state index contributed by atoms with van der Waals surface area (Å²) in [5.74, 6) is 0. The van der Waals surface area contributed by atoms with Gasteiger partial charge in [-0.25, -0.2) is 0 Å². The fourth-order valence-corrected chi connectivity index (χ4v) is 6.63. The summed E-state index contributed by atoms with van der Waals surface area (Å²) in [6.45, 7) is 9.59. The van der Waals surface area contributed by atoms with Gasteiger partial charge in [-0.1, -0.05) is 227 Å². The van der Waals surface area contributed by atoms with Crippen molar-refractivity contribution >= 4 is 0 Å². The summed E-state index contributed by atoms with van der Waals surface area (Å²) >= 11 is 0. The van der Waals surface area contributed by atoms with Crippen molar-refractivity contribution in [2.24, 2.45) is 5.41 Å². The third-order valence-corrected chi connectivity index (χ3v) is 9.67. The Labute approximate surface area is 257 Å². The van der Waals surface area contributed by atoms with Gasteiger partial charge in [0.1, 0.15) is 0 Å². The number of rotatable bonds is 35. The van der Waals surface area contributed by atoms with E-state index < -0.39 is 0 Å². The van der Waals surface area contributed by atoms with Crippen molar-refractivity contribution in [2.75, 3.05) is 0 Å². The van der Waals surface area contributed by atoms with Gasteiger partial charge in [-0.3, -0.25) is 0 Å². The maximum Gasteiger partial charge on any atom is -0.0323 e. The smallest absolute Gasteiger partial charge is 0.0323 e. The molecule has 0 fully saturated rings. The van der Waals surface area contributed by atoms with Crippen molar-refractivity contribution in [2.45, 2.75) is 246 Å². The molecule has 0 aliphatic rings. The van der Waals surface area contributed by atoms with E-state index in [1.807, 2.05) is 0 Å². The minimum Gasteiger partial charge on any atom is -0.0654 e. The van der Waals surface area contributed by atoms with E-state index in [4.69, 9.17) is 0 Å². The van der Waals surface area contributed by atoms with Crippen molar-refractivity contribution in [3.8, 4) is 0 Å². The molecular formula is C40H81. The number of hydrogen-bond donors (Lipinski definition) is 0. The van der Waals surface area contributed by atoms with Crippen LogP contribution in [-0.4, -0.2) is 0 Å². The highest BCUT2D eigenvalue weighted by atomic mass is 14.3. The van der Waals surface area contributed by atoms with Gasteiger partial charge in [0.05, 0.1) is 0 Å². The molecule has 0 aliphatic heterocycles. The topological polar surface area (TPSA) is 0 Å². The van der Waals surface area contributed by atoms with Crippen LogP contribution in [0.2, 0.25) is 0 Å². The Morgan fingerprint density at radius 2 is 0.575 bits per heavy atom. The zero-order valence-corrected chi connectivity index (χ0v) is 29.1. The van der Waals surface area contributed by atoms with Crippen LogP contribution in [0.4, 0.5) is 0 Å². The first-order valence-electron chi connectivity index (χ1n) is 19.5. The number of hydrogen-bond acceptors (Lipinski definition) is 0. The van der Waals surface area contributed by atoms with Gasteiger partial charge in [0.15, 0.2) is 0 Å². The Bertz CT molecular complexity index is 439. The average Bonchev–Trinajstić information content (AvgIpc) is 2.96.